The number of imidazole rings is 1. The van der Waals surface area contributed by atoms with E-state index in [-0.39, 0.29) is 5.69 Å². The Kier molecular flexibility index (Phi) is 6.05. The molecule has 98 valence electrons. The average Bonchev–Trinajstić information content (AvgIpc) is 2.67. The molecule has 1 N–H and O–H groups in total. The number of rotatable bonds is 8. The predicted octanol–water partition coefficient (Wildman–Crippen LogP) is 1.84. The minimum Gasteiger partial charge on any atom is -0.317 e. The van der Waals surface area contributed by atoms with Gasteiger partial charge in [-0.1, -0.05) is 13.3 Å². The first-order valence-corrected chi connectivity index (χ1v) is 6.61. The average molecular weight is 239 g/mol. The van der Waals surface area contributed by atoms with Crippen LogP contribution in [0.3, 0.4) is 0 Å². The van der Waals surface area contributed by atoms with Crippen LogP contribution in [-0.4, -0.2) is 22.2 Å². The van der Waals surface area contributed by atoms with Crippen molar-refractivity contribution in [2.45, 2.75) is 58.7 Å². The maximum Gasteiger partial charge on any atom is 0.328 e. The number of nitrogens with zero attached hydrogens (tertiary/aromatic N) is 2. The fourth-order valence-electron chi connectivity index (χ4n) is 1.91. The second-order valence-electron chi connectivity index (χ2n) is 4.65. The van der Waals surface area contributed by atoms with Crippen molar-refractivity contribution >= 4 is 0 Å². The summed E-state index contributed by atoms with van der Waals surface area (Å²) in [6.07, 6.45) is 8.20. The first-order valence-electron chi connectivity index (χ1n) is 6.61. The minimum atomic E-state index is 0.133. The molecule has 1 rings (SSSR count). The van der Waals surface area contributed by atoms with Crippen LogP contribution in [0.15, 0.2) is 17.2 Å². The Bertz CT molecular complexity index is 367. The number of hydrogen-bond acceptors (Lipinski definition) is 2. The van der Waals surface area contributed by atoms with Crippen LogP contribution >= 0.6 is 0 Å². The highest BCUT2D eigenvalue weighted by molar-refractivity contribution is 4.81. The van der Waals surface area contributed by atoms with Gasteiger partial charge in [0.25, 0.3) is 0 Å². The first kappa shape index (κ1) is 14.0. The molecule has 0 aliphatic heterocycles. The van der Waals surface area contributed by atoms with Gasteiger partial charge in [0, 0.05) is 31.5 Å². The van der Waals surface area contributed by atoms with E-state index in [4.69, 9.17) is 0 Å². The highest BCUT2D eigenvalue weighted by atomic mass is 16.1. The van der Waals surface area contributed by atoms with Crippen LogP contribution in [0.2, 0.25) is 0 Å². The van der Waals surface area contributed by atoms with Gasteiger partial charge in [0.15, 0.2) is 0 Å². The molecule has 0 radical (unpaired) electrons. The molecule has 0 aliphatic rings. The predicted molar refractivity (Wildman–Crippen MR) is 71.4 cm³/mol. The molecule has 17 heavy (non-hydrogen) atoms. The second-order valence-corrected chi connectivity index (χ2v) is 4.65. The van der Waals surface area contributed by atoms with Gasteiger partial charge in [-0.2, -0.15) is 0 Å². The third-order valence-electron chi connectivity index (χ3n) is 3.16. The monoisotopic (exact) mass is 239 g/mol. The van der Waals surface area contributed by atoms with Gasteiger partial charge in [0.05, 0.1) is 0 Å². The molecule has 0 aliphatic carbocycles. The SMILES string of the molecule is CCCn1ccn(CCCCC(C)NC)c1=O. The Labute approximate surface area is 104 Å². The second kappa shape index (κ2) is 7.33. The molecule has 1 aromatic heterocycles. The summed E-state index contributed by atoms with van der Waals surface area (Å²) in [7, 11) is 1.99. The third-order valence-corrected chi connectivity index (χ3v) is 3.16. The molecule has 0 aromatic carbocycles. The number of hydrogen-bond donors (Lipinski definition) is 1. The lowest BCUT2D eigenvalue weighted by atomic mass is 10.1. The summed E-state index contributed by atoms with van der Waals surface area (Å²) in [6, 6.07) is 0.566. The Morgan fingerprint density at radius 1 is 1.24 bits per heavy atom. The van der Waals surface area contributed by atoms with E-state index in [0.717, 1.165) is 32.4 Å². The van der Waals surface area contributed by atoms with E-state index in [1.807, 2.05) is 24.0 Å². The van der Waals surface area contributed by atoms with Gasteiger partial charge in [-0.15, -0.1) is 0 Å². The summed E-state index contributed by atoms with van der Waals surface area (Å²) < 4.78 is 3.61. The summed E-state index contributed by atoms with van der Waals surface area (Å²) in [5.74, 6) is 0. The van der Waals surface area contributed by atoms with Gasteiger partial charge in [0.2, 0.25) is 0 Å². The van der Waals surface area contributed by atoms with Crippen LogP contribution < -0.4 is 11.0 Å². The smallest absolute Gasteiger partial charge is 0.317 e. The maximum atomic E-state index is 11.9. The number of aryl methyl sites for hydroxylation is 2. The van der Waals surface area contributed by atoms with Crippen LogP contribution in [0.4, 0.5) is 0 Å². The van der Waals surface area contributed by atoms with Crippen molar-refractivity contribution in [1.29, 1.82) is 0 Å². The van der Waals surface area contributed by atoms with Crippen LogP contribution in [0.25, 0.3) is 0 Å². The van der Waals surface area contributed by atoms with Gasteiger partial charge in [-0.25, -0.2) is 4.79 Å². The van der Waals surface area contributed by atoms with Crippen molar-refractivity contribution in [3.8, 4) is 0 Å². The zero-order valence-electron chi connectivity index (χ0n) is 11.3. The molecule has 0 spiro atoms. The highest BCUT2D eigenvalue weighted by Crippen LogP contribution is 2.01. The lowest BCUT2D eigenvalue weighted by molar-refractivity contribution is 0.497. The molecular formula is C13H25N3O. The van der Waals surface area contributed by atoms with Crippen LogP contribution in [0.5, 0.6) is 0 Å². The van der Waals surface area contributed by atoms with Crippen LogP contribution in [0, 0.1) is 0 Å². The standard InChI is InChI=1S/C13H25N3O/c1-4-8-15-10-11-16(13(15)17)9-6-5-7-12(2)14-3/h10-12,14H,4-9H2,1-3H3. The molecule has 4 nitrogen and oxygen atoms in total. The molecule has 0 amide bonds. The van der Waals surface area contributed by atoms with E-state index in [0.29, 0.717) is 6.04 Å². The largest absolute Gasteiger partial charge is 0.328 e. The summed E-state index contributed by atoms with van der Waals surface area (Å²) in [6.45, 7) is 5.93. The van der Waals surface area contributed by atoms with Gasteiger partial charge < -0.3 is 5.32 Å². The highest BCUT2D eigenvalue weighted by Gasteiger charge is 2.02. The molecular weight excluding hydrogens is 214 g/mol. The van der Waals surface area contributed by atoms with Crippen molar-refractivity contribution in [3.63, 3.8) is 0 Å². The summed E-state index contributed by atoms with van der Waals surface area (Å²) in [5.41, 5.74) is 0.133. The Morgan fingerprint density at radius 2 is 1.88 bits per heavy atom. The molecule has 0 bridgehead atoms. The van der Waals surface area contributed by atoms with Crippen LogP contribution in [-0.2, 0) is 13.1 Å². The zero-order valence-corrected chi connectivity index (χ0v) is 11.3. The topological polar surface area (TPSA) is 39.0 Å². The Morgan fingerprint density at radius 3 is 2.47 bits per heavy atom. The fourth-order valence-corrected chi connectivity index (χ4v) is 1.91. The summed E-state index contributed by atoms with van der Waals surface area (Å²) in [5, 5.41) is 3.22. The van der Waals surface area contributed by atoms with Crippen LogP contribution in [0.1, 0.15) is 39.5 Å². The van der Waals surface area contributed by atoms with E-state index in [1.165, 1.54) is 6.42 Å². The molecule has 0 saturated heterocycles. The Balaban J connectivity index is 2.34. The molecule has 4 heteroatoms. The quantitative estimate of drug-likeness (QED) is 0.703. The maximum absolute atomic E-state index is 11.9. The first-order chi connectivity index (χ1) is 8.19. The van der Waals surface area contributed by atoms with Crippen molar-refractivity contribution < 1.29 is 0 Å². The van der Waals surface area contributed by atoms with Crippen molar-refractivity contribution in [2.24, 2.45) is 0 Å². The molecule has 0 saturated carbocycles. The third kappa shape index (κ3) is 4.38. The zero-order chi connectivity index (χ0) is 12.7. The normalized spacial score (nSPS) is 12.9. The van der Waals surface area contributed by atoms with Gasteiger partial charge in [-0.3, -0.25) is 9.13 Å². The number of nitrogens with one attached hydrogen (secondary N) is 1. The van der Waals surface area contributed by atoms with Crippen molar-refractivity contribution in [1.82, 2.24) is 14.5 Å². The lowest BCUT2D eigenvalue weighted by Crippen LogP contribution is -2.24. The lowest BCUT2D eigenvalue weighted by Gasteiger charge is -2.09. The molecule has 1 aromatic rings. The van der Waals surface area contributed by atoms with Crippen molar-refractivity contribution in [3.05, 3.63) is 22.9 Å². The van der Waals surface area contributed by atoms with Gasteiger partial charge in [0.1, 0.15) is 0 Å². The van der Waals surface area contributed by atoms with E-state index >= 15 is 0 Å². The van der Waals surface area contributed by atoms with E-state index in [1.54, 1.807) is 4.57 Å². The van der Waals surface area contributed by atoms with E-state index in [9.17, 15) is 4.79 Å². The Hall–Kier alpha value is -1.03. The summed E-state index contributed by atoms with van der Waals surface area (Å²) >= 11 is 0. The number of aromatic nitrogens is 2. The molecule has 1 unspecified atom stereocenters. The van der Waals surface area contributed by atoms with Gasteiger partial charge >= 0.3 is 5.69 Å². The van der Waals surface area contributed by atoms with E-state index in [2.05, 4.69) is 19.2 Å². The molecule has 1 atom stereocenters. The van der Waals surface area contributed by atoms with Crippen molar-refractivity contribution in [2.75, 3.05) is 7.05 Å². The fraction of sp³-hybridized carbons (Fsp3) is 0.769. The molecule has 0 fully saturated rings. The molecule has 1 heterocycles. The van der Waals surface area contributed by atoms with E-state index < -0.39 is 0 Å². The minimum absolute atomic E-state index is 0.133. The van der Waals surface area contributed by atoms with Gasteiger partial charge in [-0.05, 0) is 33.2 Å². The number of unbranched alkanes of at least 4 members (excludes halogenated alkanes) is 1. The summed E-state index contributed by atoms with van der Waals surface area (Å²) in [4.78, 5) is 11.9.